The summed E-state index contributed by atoms with van der Waals surface area (Å²) in [6.45, 7) is 12.7. The number of nitrogens with zero attached hydrogens (tertiary/aromatic N) is 3. The SMILES string of the molecule is CCOC1CCN(C(C)Cn2nc(C)cc2C)CC1. The molecular formula is C15H27N3O. The van der Waals surface area contributed by atoms with Crippen molar-refractivity contribution in [2.24, 2.45) is 0 Å². The van der Waals surface area contributed by atoms with Gasteiger partial charge in [0.2, 0.25) is 0 Å². The Balaban J connectivity index is 1.84. The lowest BCUT2D eigenvalue weighted by Crippen LogP contribution is -2.44. The lowest BCUT2D eigenvalue weighted by atomic mass is 10.1. The standard InChI is InChI=1S/C15H27N3O/c1-5-19-15-6-8-17(9-7-15)14(4)11-18-13(3)10-12(2)16-18/h10,14-15H,5-9,11H2,1-4H3. The zero-order valence-corrected chi connectivity index (χ0v) is 12.7. The zero-order valence-electron chi connectivity index (χ0n) is 12.7. The maximum atomic E-state index is 5.71. The van der Waals surface area contributed by atoms with Gasteiger partial charge in [0.25, 0.3) is 0 Å². The second-order valence-electron chi connectivity index (χ2n) is 5.65. The summed E-state index contributed by atoms with van der Waals surface area (Å²) in [5.74, 6) is 0. The third-order valence-corrected chi connectivity index (χ3v) is 4.04. The van der Waals surface area contributed by atoms with Crippen LogP contribution in [0, 0.1) is 13.8 Å². The highest BCUT2D eigenvalue weighted by Gasteiger charge is 2.23. The Bertz CT molecular complexity index is 394. The van der Waals surface area contributed by atoms with E-state index < -0.39 is 0 Å². The number of hydrogen-bond donors (Lipinski definition) is 0. The van der Waals surface area contributed by atoms with E-state index in [0.717, 1.165) is 44.8 Å². The zero-order chi connectivity index (χ0) is 13.8. The summed E-state index contributed by atoms with van der Waals surface area (Å²) in [6.07, 6.45) is 2.80. The van der Waals surface area contributed by atoms with Gasteiger partial charge in [-0.05, 0) is 46.6 Å². The molecule has 1 aliphatic rings. The van der Waals surface area contributed by atoms with Gasteiger partial charge in [0.1, 0.15) is 0 Å². The molecule has 1 saturated heterocycles. The van der Waals surface area contributed by atoms with Crippen molar-refractivity contribution in [2.75, 3.05) is 19.7 Å². The van der Waals surface area contributed by atoms with Gasteiger partial charge in [0.05, 0.1) is 18.3 Å². The number of likely N-dealkylation sites (tertiary alicyclic amines) is 1. The predicted octanol–water partition coefficient (Wildman–Crippen LogP) is 2.39. The summed E-state index contributed by atoms with van der Waals surface area (Å²) in [5, 5.41) is 4.55. The Morgan fingerprint density at radius 3 is 2.58 bits per heavy atom. The predicted molar refractivity (Wildman–Crippen MR) is 77.4 cm³/mol. The second-order valence-corrected chi connectivity index (χ2v) is 5.65. The molecule has 2 rings (SSSR count). The maximum absolute atomic E-state index is 5.71. The van der Waals surface area contributed by atoms with E-state index in [4.69, 9.17) is 4.74 Å². The van der Waals surface area contributed by atoms with Gasteiger partial charge in [-0.15, -0.1) is 0 Å². The molecule has 2 heterocycles. The van der Waals surface area contributed by atoms with Crippen LogP contribution in [0.2, 0.25) is 0 Å². The highest BCUT2D eigenvalue weighted by molar-refractivity contribution is 5.06. The van der Waals surface area contributed by atoms with E-state index >= 15 is 0 Å². The molecule has 1 fully saturated rings. The number of aryl methyl sites for hydroxylation is 2. The lowest BCUT2D eigenvalue weighted by Gasteiger charge is -2.35. The van der Waals surface area contributed by atoms with Gasteiger partial charge < -0.3 is 4.74 Å². The van der Waals surface area contributed by atoms with Crippen LogP contribution in [0.3, 0.4) is 0 Å². The number of piperidine rings is 1. The molecule has 0 amide bonds. The van der Waals surface area contributed by atoms with Crippen molar-refractivity contribution in [1.82, 2.24) is 14.7 Å². The van der Waals surface area contributed by atoms with E-state index in [9.17, 15) is 0 Å². The van der Waals surface area contributed by atoms with E-state index in [1.807, 2.05) is 0 Å². The number of hydrogen-bond acceptors (Lipinski definition) is 3. The summed E-state index contributed by atoms with van der Waals surface area (Å²) >= 11 is 0. The molecule has 0 aromatic carbocycles. The fraction of sp³-hybridized carbons (Fsp3) is 0.800. The minimum atomic E-state index is 0.474. The second kappa shape index (κ2) is 6.53. The molecule has 108 valence electrons. The average Bonchev–Trinajstić information content (AvgIpc) is 2.69. The highest BCUT2D eigenvalue weighted by atomic mass is 16.5. The molecule has 1 atom stereocenters. The van der Waals surface area contributed by atoms with Crippen LogP contribution in [0.1, 0.15) is 38.1 Å². The average molecular weight is 265 g/mol. The van der Waals surface area contributed by atoms with E-state index in [1.165, 1.54) is 5.69 Å². The van der Waals surface area contributed by atoms with E-state index in [2.05, 4.69) is 48.4 Å². The smallest absolute Gasteiger partial charge is 0.0599 e. The van der Waals surface area contributed by atoms with Crippen LogP contribution in [0.15, 0.2) is 6.07 Å². The van der Waals surface area contributed by atoms with E-state index in [0.29, 0.717) is 12.1 Å². The van der Waals surface area contributed by atoms with Gasteiger partial charge in [-0.25, -0.2) is 0 Å². The van der Waals surface area contributed by atoms with Crippen molar-refractivity contribution in [3.8, 4) is 0 Å². The minimum Gasteiger partial charge on any atom is -0.378 e. The first kappa shape index (κ1) is 14.5. The van der Waals surface area contributed by atoms with Crippen LogP contribution in [-0.4, -0.2) is 46.5 Å². The Labute approximate surface area is 116 Å². The van der Waals surface area contributed by atoms with Gasteiger partial charge in [-0.1, -0.05) is 0 Å². The van der Waals surface area contributed by atoms with Crippen LogP contribution in [-0.2, 0) is 11.3 Å². The molecule has 0 radical (unpaired) electrons. The summed E-state index contributed by atoms with van der Waals surface area (Å²) in [4.78, 5) is 2.56. The summed E-state index contributed by atoms with van der Waals surface area (Å²) in [6, 6.07) is 2.69. The normalized spacial score (nSPS) is 19.8. The quantitative estimate of drug-likeness (QED) is 0.819. The summed E-state index contributed by atoms with van der Waals surface area (Å²) < 4.78 is 7.84. The molecule has 0 N–H and O–H groups in total. The Morgan fingerprint density at radius 2 is 2.05 bits per heavy atom. The molecule has 1 aromatic rings. The molecule has 1 unspecified atom stereocenters. The first-order chi connectivity index (χ1) is 9.10. The van der Waals surface area contributed by atoms with E-state index in [-0.39, 0.29) is 0 Å². The molecule has 0 aliphatic carbocycles. The van der Waals surface area contributed by atoms with Crippen molar-refractivity contribution in [1.29, 1.82) is 0 Å². The van der Waals surface area contributed by atoms with Crippen molar-refractivity contribution in [2.45, 2.75) is 59.2 Å². The monoisotopic (exact) mass is 265 g/mol. The van der Waals surface area contributed by atoms with Crippen LogP contribution in [0.4, 0.5) is 0 Å². The molecule has 0 bridgehead atoms. The van der Waals surface area contributed by atoms with Gasteiger partial charge >= 0.3 is 0 Å². The highest BCUT2D eigenvalue weighted by Crippen LogP contribution is 2.17. The first-order valence-corrected chi connectivity index (χ1v) is 7.47. The molecule has 4 heteroatoms. The van der Waals surface area contributed by atoms with Crippen LogP contribution in [0.25, 0.3) is 0 Å². The third-order valence-electron chi connectivity index (χ3n) is 4.04. The van der Waals surface area contributed by atoms with E-state index in [1.54, 1.807) is 0 Å². The van der Waals surface area contributed by atoms with Gasteiger partial charge in [-0.3, -0.25) is 9.58 Å². The molecule has 0 saturated carbocycles. The minimum absolute atomic E-state index is 0.474. The number of rotatable bonds is 5. The van der Waals surface area contributed by atoms with Crippen LogP contribution < -0.4 is 0 Å². The van der Waals surface area contributed by atoms with Crippen molar-refractivity contribution < 1.29 is 4.74 Å². The number of ether oxygens (including phenoxy) is 1. The van der Waals surface area contributed by atoms with Gasteiger partial charge in [0.15, 0.2) is 0 Å². The topological polar surface area (TPSA) is 30.3 Å². The van der Waals surface area contributed by atoms with Gasteiger partial charge in [0, 0.05) is 31.4 Å². The third kappa shape index (κ3) is 3.80. The lowest BCUT2D eigenvalue weighted by molar-refractivity contribution is 0.00374. The first-order valence-electron chi connectivity index (χ1n) is 7.47. The molecule has 1 aromatic heterocycles. The van der Waals surface area contributed by atoms with Crippen molar-refractivity contribution in [3.63, 3.8) is 0 Å². The Kier molecular flexibility index (Phi) is 4.99. The Hall–Kier alpha value is -0.870. The Morgan fingerprint density at radius 1 is 1.37 bits per heavy atom. The molecular weight excluding hydrogens is 238 g/mol. The fourth-order valence-electron chi connectivity index (χ4n) is 2.94. The maximum Gasteiger partial charge on any atom is 0.0599 e. The van der Waals surface area contributed by atoms with Crippen molar-refractivity contribution in [3.05, 3.63) is 17.5 Å². The molecule has 1 aliphatic heterocycles. The van der Waals surface area contributed by atoms with Crippen LogP contribution >= 0.6 is 0 Å². The molecule has 4 nitrogen and oxygen atoms in total. The fourth-order valence-corrected chi connectivity index (χ4v) is 2.94. The van der Waals surface area contributed by atoms with Crippen molar-refractivity contribution >= 4 is 0 Å². The molecule has 19 heavy (non-hydrogen) atoms. The number of aromatic nitrogens is 2. The summed E-state index contributed by atoms with van der Waals surface area (Å²) in [7, 11) is 0. The van der Waals surface area contributed by atoms with Gasteiger partial charge in [-0.2, -0.15) is 5.10 Å². The largest absolute Gasteiger partial charge is 0.378 e. The summed E-state index contributed by atoms with van der Waals surface area (Å²) in [5.41, 5.74) is 2.37. The molecule has 0 spiro atoms. The van der Waals surface area contributed by atoms with Crippen LogP contribution in [0.5, 0.6) is 0 Å².